The quantitative estimate of drug-likeness (QED) is 0.883. The van der Waals surface area contributed by atoms with Crippen LogP contribution in [0, 0.1) is 0 Å². The Kier molecular flexibility index (Phi) is 4.66. The molecule has 0 saturated carbocycles. The van der Waals surface area contributed by atoms with Gasteiger partial charge in [-0.1, -0.05) is 23.7 Å². The second-order valence-corrected chi connectivity index (χ2v) is 5.95. The molecule has 2 unspecified atom stereocenters. The van der Waals surface area contributed by atoms with Gasteiger partial charge in [-0.15, -0.1) is 0 Å². The van der Waals surface area contributed by atoms with Gasteiger partial charge in [0.05, 0.1) is 5.60 Å². The van der Waals surface area contributed by atoms with Gasteiger partial charge in [0.1, 0.15) is 0 Å². The molecule has 2 rings (SSSR count). The maximum Gasteiger partial charge on any atom is 0.0779 e. The molecule has 2 nitrogen and oxygen atoms in total. The minimum atomic E-state index is 0.0360. The molecule has 1 aromatic carbocycles. The van der Waals surface area contributed by atoms with Crippen LogP contribution in [0.2, 0.25) is 5.02 Å². The summed E-state index contributed by atoms with van der Waals surface area (Å²) in [6, 6.07) is 8.53. The molecule has 100 valence electrons. The van der Waals surface area contributed by atoms with E-state index < -0.39 is 0 Å². The highest BCUT2D eigenvalue weighted by molar-refractivity contribution is 6.30. The maximum atomic E-state index is 5.88. The fraction of sp³-hybridized carbons (Fsp3) is 0.600. The highest BCUT2D eigenvalue weighted by atomic mass is 35.5. The lowest BCUT2D eigenvalue weighted by Gasteiger charge is -2.26. The predicted octanol–water partition coefficient (Wildman–Crippen LogP) is 3.43. The van der Waals surface area contributed by atoms with Gasteiger partial charge in [-0.05, 0) is 50.8 Å². The van der Waals surface area contributed by atoms with Crippen LogP contribution in [0.15, 0.2) is 24.3 Å². The van der Waals surface area contributed by atoms with Crippen LogP contribution in [0.5, 0.6) is 0 Å². The van der Waals surface area contributed by atoms with E-state index in [2.05, 4.69) is 31.3 Å². The molecule has 1 aromatic rings. The molecule has 0 bridgehead atoms. The molecule has 0 aromatic heterocycles. The molecule has 1 saturated heterocycles. The first-order valence-corrected chi connectivity index (χ1v) is 7.07. The van der Waals surface area contributed by atoms with Gasteiger partial charge >= 0.3 is 0 Å². The molecular weight excluding hydrogens is 246 g/mol. The van der Waals surface area contributed by atoms with Crippen LogP contribution in [-0.4, -0.2) is 24.8 Å². The summed E-state index contributed by atoms with van der Waals surface area (Å²) in [7, 11) is 0. The summed E-state index contributed by atoms with van der Waals surface area (Å²) in [5.41, 5.74) is 1.35. The van der Waals surface area contributed by atoms with Gasteiger partial charge in [0, 0.05) is 24.2 Å². The molecule has 1 fully saturated rings. The highest BCUT2D eigenvalue weighted by Gasteiger charge is 2.29. The fourth-order valence-corrected chi connectivity index (χ4v) is 2.54. The Hall–Kier alpha value is -0.570. The van der Waals surface area contributed by atoms with E-state index >= 15 is 0 Å². The third-order valence-corrected chi connectivity index (χ3v) is 3.83. The molecule has 1 aliphatic heterocycles. The van der Waals surface area contributed by atoms with E-state index in [-0.39, 0.29) is 5.60 Å². The second kappa shape index (κ2) is 6.05. The van der Waals surface area contributed by atoms with E-state index in [1.807, 2.05) is 12.1 Å². The van der Waals surface area contributed by atoms with Crippen LogP contribution in [0.1, 0.15) is 32.3 Å². The smallest absolute Gasteiger partial charge is 0.0779 e. The van der Waals surface area contributed by atoms with Crippen molar-refractivity contribution in [3.63, 3.8) is 0 Å². The van der Waals surface area contributed by atoms with E-state index in [1.165, 1.54) is 12.0 Å². The third-order valence-electron chi connectivity index (χ3n) is 3.58. The van der Waals surface area contributed by atoms with Crippen molar-refractivity contribution < 1.29 is 4.74 Å². The zero-order chi connectivity index (χ0) is 13.0. The van der Waals surface area contributed by atoms with Crippen molar-refractivity contribution in [2.75, 3.05) is 13.2 Å². The largest absolute Gasteiger partial charge is 0.374 e. The van der Waals surface area contributed by atoms with Crippen molar-refractivity contribution in [2.45, 2.75) is 44.8 Å². The second-order valence-electron chi connectivity index (χ2n) is 5.51. The lowest BCUT2D eigenvalue weighted by atomic mass is 10.0. The summed E-state index contributed by atoms with van der Waals surface area (Å²) < 4.78 is 5.78. The molecule has 1 aliphatic rings. The van der Waals surface area contributed by atoms with E-state index in [9.17, 15) is 0 Å². The van der Waals surface area contributed by atoms with Gasteiger partial charge in [-0.3, -0.25) is 0 Å². The number of hydrogen-bond acceptors (Lipinski definition) is 2. The monoisotopic (exact) mass is 267 g/mol. The number of ether oxygens (including phenoxy) is 1. The minimum absolute atomic E-state index is 0.0360. The summed E-state index contributed by atoms with van der Waals surface area (Å²) in [5, 5.41) is 4.37. The Morgan fingerprint density at radius 3 is 2.72 bits per heavy atom. The zero-order valence-electron chi connectivity index (χ0n) is 11.2. The van der Waals surface area contributed by atoms with Gasteiger partial charge in [-0.2, -0.15) is 0 Å². The van der Waals surface area contributed by atoms with Crippen LogP contribution < -0.4 is 5.32 Å². The van der Waals surface area contributed by atoms with Gasteiger partial charge in [0.2, 0.25) is 0 Å². The fourth-order valence-electron chi connectivity index (χ4n) is 2.41. The first-order chi connectivity index (χ1) is 8.57. The Bertz CT molecular complexity index is 371. The molecule has 0 amide bonds. The predicted molar refractivity (Wildman–Crippen MR) is 76.2 cm³/mol. The molecular formula is C15H22ClNO. The van der Waals surface area contributed by atoms with Crippen LogP contribution in [0.4, 0.5) is 0 Å². The summed E-state index contributed by atoms with van der Waals surface area (Å²) in [6.45, 7) is 6.25. The van der Waals surface area contributed by atoms with Gasteiger partial charge < -0.3 is 10.1 Å². The normalized spacial score (nSPS) is 25.3. The number of nitrogens with one attached hydrogen (secondary N) is 1. The van der Waals surface area contributed by atoms with Crippen LogP contribution in [0.3, 0.4) is 0 Å². The van der Waals surface area contributed by atoms with Gasteiger partial charge in [0.25, 0.3) is 0 Å². The minimum Gasteiger partial charge on any atom is -0.374 e. The van der Waals surface area contributed by atoms with Crippen molar-refractivity contribution in [1.82, 2.24) is 5.32 Å². The summed E-state index contributed by atoms with van der Waals surface area (Å²) in [4.78, 5) is 0. The summed E-state index contributed by atoms with van der Waals surface area (Å²) in [6.07, 6.45) is 3.37. The SMILES string of the molecule is CC(Cc1ccc(Cl)cc1)NCC1(C)CCCO1. The number of hydrogen-bond donors (Lipinski definition) is 1. The lowest BCUT2D eigenvalue weighted by Crippen LogP contribution is -2.41. The van der Waals surface area contributed by atoms with Crippen LogP contribution in [-0.2, 0) is 11.2 Å². The van der Waals surface area contributed by atoms with Gasteiger partial charge in [0.15, 0.2) is 0 Å². The van der Waals surface area contributed by atoms with Crippen LogP contribution in [0.25, 0.3) is 0 Å². The molecule has 0 radical (unpaired) electrons. The van der Waals surface area contributed by atoms with E-state index in [0.29, 0.717) is 6.04 Å². The average Bonchev–Trinajstić information content (AvgIpc) is 2.78. The number of rotatable bonds is 5. The summed E-state index contributed by atoms with van der Waals surface area (Å²) >= 11 is 5.88. The third kappa shape index (κ3) is 3.98. The van der Waals surface area contributed by atoms with E-state index in [1.54, 1.807) is 0 Å². The Morgan fingerprint density at radius 2 is 2.11 bits per heavy atom. The first kappa shape index (κ1) is 13.9. The molecule has 1 N–H and O–H groups in total. The molecule has 18 heavy (non-hydrogen) atoms. The lowest BCUT2D eigenvalue weighted by molar-refractivity contribution is 0.0191. The number of benzene rings is 1. The highest BCUT2D eigenvalue weighted by Crippen LogP contribution is 2.24. The van der Waals surface area contributed by atoms with Crippen molar-refractivity contribution in [3.8, 4) is 0 Å². The molecule has 1 heterocycles. The van der Waals surface area contributed by atoms with Gasteiger partial charge in [-0.25, -0.2) is 0 Å². The molecule has 3 heteroatoms. The van der Waals surface area contributed by atoms with E-state index in [0.717, 1.165) is 31.0 Å². The van der Waals surface area contributed by atoms with Crippen LogP contribution >= 0.6 is 11.6 Å². The van der Waals surface area contributed by atoms with E-state index in [4.69, 9.17) is 16.3 Å². The first-order valence-electron chi connectivity index (χ1n) is 6.69. The maximum absolute atomic E-state index is 5.88. The Labute approximate surface area is 115 Å². The number of halogens is 1. The molecule has 0 spiro atoms. The van der Waals surface area contributed by atoms with Crippen molar-refractivity contribution in [3.05, 3.63) is 34.9 Å². The zero-order valence-corrected chi connectivity index (χ0v) is 12.0. The van der Waals surface area contributed by atoms with Crippen molar-refractivity contribution in [1.29, 1.82) is 0 Å². The summed E-state index contributed by atoms with van der Waals surface area (Å²) in [5.74, 6) is 0. The van der Waals surface area contributed by atoms with Crippen molar-refractivity contribution >= 4 is 11.6 Å². The Morgan fingerprint density at radius 1 is 1.39 bits per heavy atom. The standard InChI is InChI=1S/C15H22ClNO/c1-12(10-13-4-6-14(16)7-5-13)17-11-15(2)8-3-9-18-15/h4-7,12,17H,3,8-11H2,1-2H3. The average molecular weight is 268 g/mol. The molecule has 0 aliphatic carbocycles. The Balaban J connectivity index is 1.78. The topological polar surface area (TPSA) is 21.3 Å². The molecule has 2 atom stereocenters. The van der Waals surface area contributed by atoms with Crippen molar-refractivity contribution in [2.24, 2.45) is 0 Å².